The minimum atomic E-state index is -0.0904. The third kappa shape index (κ3) is 5.11. The zero-order valence-electron chi connectivity index (χ0n) is 22.0. The summed E-state index contributed by atoms with van der Waals surface area (Å²) < 4.78 is 12.5. The van der Waals surface area contributed by atoms with Crippen molar-refractivity contribution in [1.29, 1.82) is 0 Å². The minimum absolute atomic E-state index is 0.0904. The van der Waals surface area contributed by atoms with Crippen LogP contribution in [0.3, 0.4) is 0 Å². The van der Waals surface area contributed by atoms with Crippen molar-refractivity contribution >= 4 is 34.4 Å². The normalized spacial score (nSPS) is 19.2. The van der Waals surface area contributed by atoms with Gasteiger partial charge >= 0.3 is 0 Å². The number of amides is 1. The molecule has 4 aromatic rings. The molecule has 0 radical (unpaired) electrons. The Bertz CT molecular complexity index is 1510. The molecule has 2 aromatic carbocycles. The molecule has 6 rings (SSSR count). The van der Waals surface area contributed by atoms with Gasteiger partial charge in [-0.05, 0) is 62.4 Å². The number of anilines is 1. The van der Waals surface area contributed by atoms with E-state index in [4.69, 9.17) is 31.0 Å². The smallest absolute Gasteiger partial charge is 0.251 e. The van der Waals surface area contributed by atoms with Gasteiger partial charge < -0.3 is 20.1 Å². The van der Waals surface area contributed by atoms with Crippen molar-refractivity contribution in [2.45, 2.75) is 64.0 Å². The van der Waals surface area contributed by atoms with E-state index in [1.807, 2.05) is 24.3 Å². The summed E-state index contributed by atoms with van der Waals surface area (Å²) in [4.78, 5) is 22.7. The van der Waals surface area contributed by atoms with Crippen LogP contribution in [0.4, 0.5) is 5.82 Å². The highest BCUT2D eigenvalue weighted by atomic mass is 35.5. The fourth-order valence-corrected chi connectivity index (χ4v) is 5.34. The maximum Gasteiger partial charge on any atom is 0.251 e. The first-order valence-corrected chi connectivity index (χ1v) is 13.9. The summed E-state index contributed by atoms with van der Waals surface area (Å²) in [5.41, 5.74) is 2.10. The number of carbonyl (C=O) groups excluding carboxylic acids is 1. The molecule has 2 aliphatic rings. The summed E-state index contributed by atoms with van der Waals surface area (Å²) in [6, 6.07) is 13.3. The Hall–Kier alpha value is -3.85. The molecule has 0 bridgehead atoms. The molecule has 202 valence electrons. The van der Waals surface area contributed by atoms with Gasteiger partial charge in [0, 0.05) is 23.6 Å². The predicted molar refractivity (Wildman–Crippen MR) is 150 cm³/mol. The SMILES string of the molecule is CC[C@@H](C)c1nc(NC2CCC(NC(=O)c3ccc4c(c3)OCO4)CC2)c2cnn(-c3ccccc3Cl)c2n1. The average Bonchev–Trinajstić information content (AvgIpc) is 3.61. The Labute approximate surface area is 231 Å². The molecule has 0 spiro atoms. The van der Waals surface area contributed by atoms with E-state index in [2.05, 4.69) is 29.6 Å². The number of ether oxygens (including phenoxy) is 2. The number of aromatic nitrogens is 4. The molecule has 9 nitrogen and oxygen atoms in total. The fourth-order valence-electron chi connectivity index (χ4n) is 5.12. The van der Waals surface area contributed by atoms with Gasteiger partial charge in [0.1, 0.15) is 11.6 Å². The average molecular weight is 547 g/mol. The van der Waals surface area contributed by atoms with E-state index in [-0.39, 0.29) is 30.7 Å². The summed E-state index contributed by atoms with van der Waals surface area (Å²) in [5, 5.41) is 13.0. The third-order valence-corrected chi connectivity index (χ3v) is 7.94. The summed E-state index contributed by atoms with van der Waals surface area (Å²) in [7, 11) is 0. The van der Waals surface area contributed by atoms with E-state index < -0.39 is 0 Å². The number of hydrogen-bond donors (Lipinski definition) is 2. The maximum absolute atomic E-state index is 12.8. The summed E-state index contributed by atoms with van der Waals surface area (Å²) in [6.45, 7) is 4.46. The molecule has 0 saturated heterocycles. The zero-order chi connectivity index (χ0) is 26.9. The van der Waals surface area contributed by atoms with E-state index in [1.54, 1.807) is 29.1 Å². The maximum atomic E-state index is 12.8. The lowest BCUT2D eigenvalue weighted by Gasteiger charge is -2.30. The molecule has 1 fully saturated rings. The molecule has 1 saturated carbocycles. The topological polar surface area (TPSA) is 103 Å². The predicted octanol–water partition coefficient (Wildman–Crippen LogP) is 5.86. The number of halogens is 1. The number of fused-ring (bicyclic) bond motifs is 2. The van der Waals surface area contributed by atoms with Crippen LogP contribution in [0.15, 0.2) is 48.7 Å². The van der Waals surface area contributed by atoms with Gasteiger partial charge in [0.25, 0.3) is 5.91 Å². The number of carbonyl (C=O) groups is 1. The number of para-hydroxylation sites is 1. The first-order chi connectivity index (χ1) is 19.0. The zero-order valence-corrected chi connectivity index (χ0v) is 22.7. The van der Waals surface area contributed by atoms with Crippen molar-refractivity contribution in [2.24, 2.45) is 0 Å². The Kier molecular flexibility index (Phi) is 6.99. The Morgan fingerprint density at radius 2 is 1.85 bits per heavy atom. The van der Waals surface area contributed by atoms with Gasteiger partial charge in [0.15, 0.2) is 17.1 Å². The quantitative estimate of drug-likeness (QED) is 0.299. The second-order valence-electron chi connectivity index (χ2n) is 10.2. The van der Waals surface area contributed by atoms with Gasteiger partial charge in [-0.1, -0.05) is 37.6 Å². The summed E-state index contributed by atoms with van der Waals surface area (Å²) >= 11 is 6.49. The molecule has 1 atom stereocenters. The lowest BCUT2D eigenvalue weighted by Crippen LogP contribution is -2.40. The molecule has 10 heteroatoms. The molecule has 1 aliphatic carbocycles. The van der Waals surface area contributed by atoms with Crippen LogP contribution in [0, 0.1) is 0 Å². The highest BCUT2D eigenvalue weighted by Gasteiger charge is 2.26. The van der Waals surface area contributed by atoms with Crippen LogP contribution < -0.4 is 20.1 Å². The van der Waals surface area contributed by atoms with Crippen LogP contribution in [-0.4, -0.2) is 44.5 Å². The number of benzene rings is 2. The van der Waals surface area contributed by atoms with Crippen LogP contribution in [-0.2, 0) is 0 Å². The second-order valence-corrected chi connectivity index (χ2v) is 10.6. The van der Waals surface area contributed by atoms with Gasteiger partial charge in [0.05, 0.1) is 22.3 Å². The van der Waals surface area contributed by atoms with Crippen LogP contribution in [0.1, 0.15) is 68.1 Å². The van der Waals surface area contributed by atoms with E-state index in [1.165, 1.54) is 0 Å². The Morgan fingerprint density at radius 1 is 1.08 bits per heavy atom. The lowest BCUT2D eigenvalue weighted by molar-refractivity contribution is 0.0926. The van der Waals surface area contributed by atoms with Crippen molar-refractivity contribution in [1.82, 2.24) is 25.1 Å². The molecule has 2 aromatic heterocycles. The van der Waals surface area contributed by atoms with Crippen molar-refractivity contribution < 1.29 is 14.3 Å². The van der Waals surface area contributed by atoms with Crippen LogP contribution >= 0.6 is 11.6 Å². The number of hydrogen-bond acceptors (Lipinski definition) is 7. The minimum Gasteiger partial charge on any atom is -0.454 e. The van der Waals surface area contributed by atoms with Crippen molar-refractivity contribution in [2.75, 3.05) is 12.1 Å². The molecular weight excluding hydrogens is 516 g/mol. The second kappa shape index (κ2) is 10.7. The molecule has 0 unspecified atom stereocenters. The number of nitrogens with one attached hydrogen (secondary N) is 2. The van der Waals surface area contributed by atoms with Crippen LogP contribution in [0.25, 0.3) is 16.7 Å². The van der Waals surface area contributed by atoms with Gasteiger partial charge in [0.2, 0.25) is 6.79 Å². The van der Waals surface area contributed by atoms with Gasteiger partial charge in [-0.2, -0.15) is 5.10 Å². The summed E-state index contributed by atoms with van der Waals surface area (Å²) in [5.74, 6) is 2.97. The first-order valence-electron chi connectivity index (χ1n) is 13.5. The van der Waals surface area contributed by atoms with E-state index in [0.29, 0.717) is 22.1 Å². The third-order valence-electron chi connectivity index (χ3n) is 7.62. The molecule has 1 aliphatic heterocycles. The number of rotatable bonds is 7. The van der Waals surface area contributed by atoms with E-state index in [0.717, 1.165) is 60.5 Å². The van der Waals surface area contributed by atoms with Crippen LogP contribution in [0.5, 0.6) is 11.5 Å². The van der Waals surface area contributed by atoms with Gasteiger partial charge in [-0.3, -0.25) is 4.79 Å². The highest BCUT2D eigenvalue weighted by Crippen LogP contribution is 2.33. The monoisotopic (exact) mass is 546 g/mol. The molecule has 1 amide bonds. The lowest BCUT2D eigenvalue weighted by atomic mass is 9.91. The molecule has 3 heterocycles. The molecular formula is C29H31ClN6O3. The number of nitrogens with zero attached hydrogens (tertiary/aromatic N) is 4. The molecule has 2 N–H and O–H groups in total. The fraction of sp³-hybridized carbons (Fsp3) is 0.379. The highest BCUT2D eigenvalue weighted by molar-refractivity contribution is 6.32. The standard InChI is InChI=1S/C29H31ClN6O3/c1-3-17(2)26-34-27(21-15-31-36(28(21)35-26)23-7-5-4-6-22(23)30)32-19-9-11-20(12-10-19)33-29(37)18-8-13-24-25(14-18)39-16-38-24/h4-8,13-15,17,19-20H,3,9-12,16H2,1-2H3,(H,33,37)(H,32,34,35)/t17-,19?,20?/m1/s1. The van der Waals surface area contributed by atoms with E-state index >= 15 is 0 Å². The largest absolute Gasteiger partial charge is 0.454 e. The van der Waals surface area contributed by atoms with Crippen molar-refractivity contribution in [3.05, 3.63) is 65.1 Å². The van der Waals surface area contributed by atoms with Crippen LogP contribution in [0.2, 0.25) is 5.02 Å². The Morgan fingerprint density at radius 3 is 2.64 bits per heavy atom. The van der Waals surface area contributed by atoms with E-state index in [9.17, 15) is 4.79 Å². The summed E-state index contributed by atoms with van der Waals surface area (Å²) in [6.07, 6.45) is 6.31. The Balaban J connectivity index is 1.17. The van der Waals surface area contributed by atoms with Gasteiger partial charge in [-0.15, -0.1) is 0 Å². The van der Waals surface area contributed by atoms with Crippen molar-refractivity contribution in [3.63, 3.8) is 0 Å². The van der Waals surface area contributed by atoms with Gasteiger partial charge in [-0.25, -0.2) is 14.6 Å². The first kappa shape index (κ1) is 25.4. The molecule has 39 heavy (non-hydrogen) atoms. The van der Waals surface area contributed by atoms with Crippen molar-refractivity contribution in [3.8, 4) is 17.2 Å².